The summed E-state index contributed by atoms with van der Waals surface area (Å²) in [5.74, 6) is 0. The van der Waals surface area contributed by atoms with Crippen molar-refractivity contribution in [2.45, 2.75) is 0 Å². The van der Waals surface area contributed by atoms with E-state index in [4.69, 9.17) is 5.73 Å². The zero-order valence-corrected chi connectivity index (χ0v) is 5.51. The van der Waals surface area contributed by atoms with Gasteiger partial charge in [-0.05, 0) is 0 Å². The van der Waals surface area contributed by atoms with Crippen molar-refractivity contribution in [2.75, 3.05) is 18.1 Å². The highest BCUT2D eigenvalue weighted by Gasteiger charge is 1.98. The number of nitrogen functional groups attached to an aromatic ring is 1. The summed E-state index contributed by atoms with van der Waals surface area (Å²) in [4.78, 5) is 10.7. The van der Waals surface area contributed by atoms with Gasteiger partial charge in [-0.25, -0.2) is 5.10 Å². The molecule has 0 aliphatic heterocycles. The zero-order valence-electron chi connectivity index (χ0n) is 5.51. The Balaban J connectivity index is 3.28. The van der Waals surface area contributed by atoms with Gasteiger partial charge in [0.05, 0.1) is 11.9 Å². The number of aromatic amines is 1. The molecule has 0 radical (unpaired) electrons. The molecule has 0 aromatic carbocycles. The summed E-state index contributed by atoms with van der Waals surface area (Å²) in [5.41, 5.74) is 5.69. The van der Waals surface area contributed by atoms with Crippen molar-refractivity contribution in [1.29, 1.82) is 0 Å². The monoisotopic (exact) mass is 140 g/mol. The molecule has 0 saturated heterocycles. The van der Waals surface area contributed by atoms with Crippen molar-refractivity contribution in [2.24, 2.45) is 0 Å². The molecule has 0 amide bonds. The predicted molar refractivity (Wildman–Crippen MR) is 38.8 cm³/mol. The lowest BCUT2D eigenvalue weighted by Gasteiger charge is -1.99. The first-order valence-corrected chi connectivity index (χ1v) is 2.76. The average Bonchev–Trinajstić information content (AvgIpc) is 1.95. The summed E-state index contributed by atoms with van der Waals surface area (Å²) in [5, 5.41) is 8.47. The number of hydrogen-bond acceptors (Lipinski definition) is 4. The number of aromatic nitrogens is 2. The van der Waals surface area contributed by atoms with Crippen LogP contribution in [0.15, 0.2) is 11.0 Å². The van der Waals surface area contributed by atoms with Crippen molar-refractivity contribution in [3.05, 3.63) is 16.6 Å². The fraction of sp³-hybridized carbons (Fsp3) is 0.200. The van der Waals surface area contributed by atoms with Crippen molar-refractivity contribution < 1.29 is 0 Å². The minimum atomic E-state index is -0.369. The molecule has 0 spiro atoms. The van der Waals surface area contributed by atoms with Crippen LogP contribution in [-0.4, -0.2) is 17.2 Å². The normalized spacial score (nSPS) is 9.30. The first-order chi connectivity index (χ1) is 4.75. The summed E-state index contributed by atoms with van der Waals surface area (Å²) in [6.07, 6.45) is 1.46. The summed E-state index contributed by atoms with van der Waals surface area (Å²) < 4.78 is 0. The quantitative estimate of drug-likeness (QED) is 0.486. The topological polar surface area (TPSA) is 83.8 Å². The lowest BCUT2D eigenvalue weighted by atomic mass is 10.4. The van der Waals surface area contributed by atoms with Gasteiger partial charge in [-0.2, -0.15) is 5.10 Å². The molecule has 1 heterocycles. The third-order valence-electron chi connectivity index (χ3n) is 1.16. The molecule has 5 heteroatoms. The Labute approximate surface area is 57.3 Å². The molecule has 10 heavy (non-hydrogen) atoms. The van der Waals surface area contributed by atoms with Gasteiger partial charge in [-0.1, -0.05) is 0 Å². The van der Waals surface area contributed by atoms with Crippen LogP contribution in [0.2, 0.25) is 0 Å². The second-order valence-corrected chi connectivity index (χ2v) is 1.78. The van der Waals surface area contributed by atoms with E-state index in [2.05, 4.69) is 15.5 Å². The Morgan fingerprint density at radius 3 is 3.00 bits per heavy atom. The Bertz CT molecular complexity index is 279. The van der Waals surface area contributed by atoms with E-state index in [1.165, 1.54) is 6.20 Å². The Hall–Kier alpha value is -1.52. The van der Waals surface area contributed by atoms with Crippen molar-refractivity contribution in [3.63, 3.8) is 0 Å². The first kappa shape index (κ1) is 6.60. The van der Waals surface area contributed by atoms with Crippen LogP contribution >= 0.6 is 0 Å². The standard InChI is InChI=1S/C5H8N4O/c1-7-3-2-8-9-5(10)4(3)6/h2H,1H3,(H2,6,8)(H2,7,9,10). The largest absolute Gasteiger partial charge is 0.392 e. The molecule has 0 atom stereocenters. The van der Waals surface area contributed by atoms with Gasteiger partial charge in [0, 0.05) is 7.05 Å². The fourth-order valence-corrected chi connectivity index (χ4v) is 0.607. The van der Waals surface area contributed by atoms with Gasteiger partial charge in [-0.3, -0.25) is 4.79 Å². The SMILES string of the molecule is CNc1cn[nH]c(=O)c1N. The van der Waals surface area contributed by atoms with Gasteiger partial charge in [-0.15, -0.1) is 0 Å². The molecule has 0 fully saturated rings. The maximum Gasteiger partial charge on any atom is 0.289 e. The van der Waals surface area contributed by atoms with E-state index in [0.29, 0.717) is 5.69 Å². The maximum atomic E-state index is 10.7. The van der Waals surface area contributed by atoms with Crippen LogP contribution in [0.4, 0.5) is 11.4 Å². The third-order valence-corrected chi connectivity index (χ3v) is 1.16. The average molecular weight is 140 g/mol. The highest BCUT2D eigenvalue weighted by molar-refractivity contribution is 5.62. The first-order valence-electron chi connectivity index (χ1n) is 2.76. The van der Waals surface area contributed by atoms with E-state index >= 15 is 0 Å². The summed E-state index contributed by atoms with van der Waals surface area (Å²) >= 11 is 0. The van der Waals surface area contributed by atoms with E-state index in [0.717, 1.165) is 0 Å². The van der Waals surface area contributed by atoms with Crippen molar-refractivity contribution in [1.82, 2.24) is 10.2 Å². The van der Waals surface area contributed by atoms with Gasteiger partial charge in [0.1, 0.15) is 5.69 Å². The molecular formula is C5H8N4O. The molecule has 0 unspecified atom stereocenters. The molecule has 0 bridgehead atoms. The minimum Gasteiger partial charge on any atom is -0.392 e. The smallest absolute Gasteiger partial charge is 0.289 e. The molecule has 4 N–H and O–H groups in total. The third kappa shape index (κ3) is 0.928. The van der Waals surface area contributed by atoms with Gasteiger partial charge < -0.3 is 11.1 Å². The van der Waals surface area contributed by atoms with Crippen LogP contribution in [0.25, 0.3) is 0 Å². The van der Waals surface area contributed by atoms with Gasteiger partial charge in [0.2, 0.25) is 0 Å². The van der Waals surface area contributed by atoms with Gasteiger partial charge in [0.15, 0.2) is 0 Å². The second kappa shape index (κ2) is 2.38. The Morgan fingerprint density at radius 2 is 2.50 bits per heavy atom. The molecule has 0 saturated carbocycles. The predicted octanol–water partition coefficient (Wildman–Crippen LogP) is -0.606. The lowest BCUT2D eigenvalue weighted by molar-refractivity contribution is 0.993. The number of H-pyrrole nitrogens is 1. The Morgan fingerprint density at radius 1 is 1.80 bits per heavy atom. The number of hydrogen-bond donors (Lipinski definition) is 3. The summed E-state index contributed by atoms with van der Waals surface area (Å²) in [7, 11) is 1.67. The van der Waals surface area contributed by atoms with Crippen LogP contribution in [0.1, 0.15) is 0 Å². The van der Waals surface area contributed by atoms with Crippen LogP contribution < -0.4 is 16.6 Å². The van der Waals surface area contributed by atoms with Crippen LogP contribution in [0.3, 0.4) is 0 Å². The van der Waals surface area contributed by atoms with E-state index < -0.39 is 0 Å². The fourth-order valence-electron chi connectivity index (χ4n) is 0.607. The van der Waals surface area contributed by atoms with Crippen molar-refractivity contribution in [3.8, 4) is 0 Å². The van der Waals surface area contributed by atoms with E-state index in [-0.39, 0.29) is 11.2 Å². The zero-order chi connectivity index (χ0) is 7.56. The molecule has 1 aromatic heterocycles. The maximum absolute atomic E-state index is 10.7. The van der Waals surface area contributed by atoms with E-state index in [1.54, 1.807) is 7.05 Å². The van der Waals surface area contributed by atoms with Crippen molar-refractivity contribution >= 4 is 11.4 Å². The van der Waals surface area contributed by atoms with Crippen LogP contribution in [0.5, 0.6) is 0 Å². The number of nitrogens with zero attached hydrogens (tertiary/aromatic N) is 1. The number of nitrogens with two attached hydrogens (primary N) is 1. The van der Waals surface area contributed by atoms with Crippen LogP contribution in [0, 0.1) is 0 Å². The molecule has 0 aliphatic rings. The lowest BCUT2D eigenvalue weighted by Crippen LogP contribution is -2.14. The second-order valence-electron chi connectivity index (χ2n) is 1.78. The highest BCUT2D eigenvalue weighted by atomic mass is 16.1. The van der Waals surface area contributed by atoms with E-state index in [9.17, 15) is 4.79 Å². The number of anilines is 2. The molecule has 5 nitrogen and oxygen atoms in total. The summed E-state index contributed by atoms with van der Waals surface area (Å²) in [6.45, 7) is 0. The molecule has 1 aromatic rings. The van der Waals surface area contributed by atoms with E-state index in [1.807, 2.05) is 0 Å². The Kier molecular flexibility index (Phi) is 1.57. The van der Waals surface area contributed by atoms with Gasteiger partial charge in [0.25, 0.3) is 5.56 Å². The minimum absolute atomic E-state index is 0.164. The van der Waals surface area contributed by atoms with Crippen LogP contribution in [-0.2, 0) is 0 Å². The molecule has 1 rings (SSSR count). The number of rotatable bonds is 1. The molecular weight excluding hydrogens is 132 g/mol. The van der Waals surface area contributed by atoms with Gasteiger partial charge >= 0.3 is 0 Å². The molecule has 54 valence electrons. The number of nitrogens with one attached hydrogen (secondary N) is 2. The molecule has 0 aliphatic carbocycles. The summed E-state index contributed by atoms with van der Waals surface area (Å²) in [6, 6.07) is 0. The highest BCUT2D eigenvalue weighted by Crippen LogP contribution is 2.07.